The molecule has 19 amide bonds. The van der Waals surface area contributed by atoms with Crippen LogP contribution in [0.1, 0.15) is 254 Å². The number of aliphatic carboxylic acids is 1. The minimum Gasteiger partial charge on any atom is -0.480 e. The van der Waals surface area contributed by atoms with E-state index in [9.17, 15) is 127 Å². The predicted octanol–water partition coefficient (Wildman–Crippen LogP) is -4.00. The maximum atomic E-state index is 14.6. The molecule has 1 aliphatic heterocycles. The quantitative estimate of drug-likeness (QED) is 0.0204. The number of aliphatic hydroxyl groups excluding tert-OH is 5. The van der Waals surface area contributed by atoms with Crippen LogP contribution in [0.15, 0.2) is 23.5 Å². The first kappa shape index (κ1) is 128. The molecule has 1 heterocycles. The van der Waals surface area contributed by atoms with Gasteiger partial charge in [0, 0.05) is 19.6 Å². The molecule has 1 rings (SSSR count). The summed E-state index contributed by atoms with van der Waals surface area (Å²) in [5, 5.41) is 105. The Bertz CT molecular complexity index is 4200. The second-order valence-corrected chi connectivity index (χ2v) is 38.5. The fourth-order valence-electron chi connectivity index (χ4n) is 15.1. The molecule has 0 aromatic heterocycles. The van der Waals surface area contributed by atoms with Crippen LogP contribution in [0.3, 0.4) is 0 Å². The zero-order chi connectivity index (χ0) is 108. The van der Waals surface area contributed by atoms with Crippen LogP contribution >= 0.6 is 0 Å². The molecule has 47 nitrogen and oxygen atoms in total. The highest BCUT2D eigenvalue weighted by Gasteiger charge is 2.44. The van der Waals surface area contributed by atoms with Crippen molar-refractivity contribution in [3.63, 3.8) is 0 Å². The summed E-state index contributed by atoms with van der Waals surface area (Å²) in [4.78, 5) is 279. The van der Waals surface area contributed by atoms with E-state index in [1.165, 1.54) is 38.7 Å². The summed E-state index contributed by atoms with van der Waals surface area (Å²) < 4.78 is 0. The molecule has 0 saturated carbocycles. The molecule has 1 saturated heterocycles. The van der Waals surface area contributed by atoms with Crippen molar-refractivity contribution in [3.8, 4) is 0 Å². The number of nitrogens with two attached hydrogens (primary N) is 3. The van der Waals surface area contributed by atoms with E-state index < -0.39 is 301 Å². The minimum absolute atomic E-state index is 0.0258. The topological polar surface area (TPSA) is 749 Å². The Morgan fingerprint density at radius 1 is 0.383 bits per heavy atom. The number of amides is 19. The minimum atomic E-state index is -1.85. The molecule has 802 valence electrons. The van der Waals surface area contributed by atoms with E-state index in [-0.39, 0.29) is 94.5 Å². The molecular weight excluding hydrogens is 1840 g/mol. The van der Waals surface area contributed by atoms with Gasteiger partial charge in [-0.05, 0) is 158 Å². The van der Waals surface area contributed by atoms with Gasteiger partial charge in [-0.3, -0.25) is 91.1 Å². The van der Waals surface area contributed by atoms with Crippen LogP contribution in [0.4, 0.5) is 0 Å². The van der Waals surface area contributed by atoms with Gasteiger partial charge in [0.05, 0.1) is 31.8 Å². The Balaban J connectivity index is 3.48. The third-order valence-electron chi connectivity index (χ3n) is 23.5. The lowest BCUT2D eigenvalue weighted by molar-refractivity contribution is -0.142. The number of likely N-dealkylation sites (tertiary alicyclic amines) is 1. The van der Waals surface area contributed by atoms with Gasteiger partial charge >= 0.3 is 5.97 Å². The Morgan fingerprint density at radius 2 is 0.752 bits per heavy atom. The molecule has 19 atom stereocenters. The van der Waals surface area contributed by atoms with Gasteiger partial charge in [-0.1, -0.05) is 156 Å². The third-order valence-corrected chi connectivity index (χ3v) is 23.5. The van der Waals surface area contributed by atoms with E-state index in [0.29, 0.717) is 32.1 Å². The fraction of sp³-hybridized carbons (Fsp3) is 0.745. The fourth-order valence-corrected chi connectivity index (χ4v) is 15.1. The number of carbonyl (C=O) groups excluding carboxylic acids is 19. The molecule has 141 heavy (non-hydrogen) atoms. The lowest BCUT2D eigenvalue weighted by atomic mass is 9.97. The Morgan fingerprint density at radius 3 is 1.15 bits per heavy atom. The molecule has 0 bridgehead atoms. The van der Waals surface area contributed by atoms with Crippen molar-refractivity contribution in [2.75, 3.05) is 39.5 Å². The zero-order valence-corrected chi connectivity index (χ0v) is 85.7. The highest BCUT2D eigenvalue weighted by atomic mass is 16.4. The lowest BCUT2D eigenvalue weighted by Gasteiger charge is -2.31. The molecular formula is C94H165N21O26. The number of hydrogen-bond acceptors (Lipinski definition) is 27. The summed E-state index contributed by atoms with van der Waals surface area (Å²) in [5.41, 5.74) is 16.2. The summed E-state index contributed by atoms with van der Waals surface area (Å²) in [7, 11) is 0. The van der Waals surface area contributed by atoms with Crippen LogP contribution in [-0.2, 0) is 95.9 Å². The monoisotopic (exact) mass is 2000 g/mol. The standard InChI is InChI=1S/C94H165N21O26/c1-21-25-26-30-56(120)44-70(122)98-58(24-4)93(139)115-39-29-32-68(115)86(132)107-66(45-117)84(130)105-64(42-48(7)8)82(128)110-72(51(13)14)89(135)108-67(46-118)85(131)106-65(43-49(9)10)83(129)111-74(53(17)18)90(136)112-73(52(15)16)88(134)101-59(33-34-69(97)121)78(124)104-63(41-47(5)6)81(127)109-71(50(11)12)87(133)99-57(23-3)77(123)114-76(55(20)119)92(138)113-75(54(19)22-2)91(137)102-61(36-40-116)80(126)100-60(35-38-96)79(125)103-62(94(140)141)31-27-28-37-95/h23-24,47-56,59-68,71-76,116-120H,21-22,25-46,95-96H2,1-20H3,(H2,97,121)(H,98,122)(H,99,133)(H,100,126)(H,101,134)(H,102,137)(H,103,125)(H,104,124)(H,105,130)(H,106,131)(H,107,132)(H,108,135)(H,109,127)(H,110,128)(H,111,129)(H,112,136)(H,113,138)(H,114,123)(H,140,141)/b57-23-,58-24-/t54-,55+,56?,59+,60+,61-,62-,63-,64+,65+,66+,67+,68+,71+,72+,73-,74+,75-,76+/m0/s1. The average molecular weight is 2010 g/mol. The Labute approximate surface area is 826 Å². The van der Waals surface area contributed by atoms with Crippen molar-refractivity contribution < 1.29 is 127 Å². The summed E-state index contributed by atoms with van der Waals surface area (Å²) >= 11 is 0. The number of aliphatic hydroxyl groups is 5. The number of rotatable bonds is 67. The number of nitrogens with one attached hydrogen (secondary N) is 17. The normalized spacial score (nSPS) is 16.7. The molecule has 1 unspecified atom stereocenters. The number of hydrogen-bond donors (Lipinski definition) is 26. The second-order valence-electron chi connectivity index (χ2n) is 38.5. The van der Waals surface area contributed by atoms with E-state index >= 15 is 0 Å². The van der Waals surface area contributed by atoms with Crippen LogP contribution in [0.5, 0.6) is 0 Å². The second kappa shape index (κ2) is 65.6. The van der Waals surface area contributed by atoms with Crippen molar-refractivity contribution in [1.29, 1.82) is 0 Å². The molecule has 47 heteroatoms. The van der Waals surface area contributed by atoms with Gasteiger partial charge in [0.2, 0.25) is 100 Å². The van der Waals surface area contributed by atoms with Crippen molar-refractivity contribution in [2.45, 2.75) is 363 Å². The van der Waals surface area contributed by atoms with Gasteiger partial charge in [-0.2, -0.15) is 0 Å². The summed E-state index contributed by atoms with van der Waals surface area (Å²) in [6.07, 6.45) is 2.27. The maximum absolute atomic E-state index is 14.6. The van der Waals surface area contributed by atoms with Crippen LogP contribution in [0, 0.1) is 47.3 Å². The van der Waals surface area contributed by atoms with Gasteiger partial charge in [0.15, 0.2) is 0 Å². The summed E-state index contributed by atoms with van der Waals surface area (Å²) in [6.45, 7) is 29.4. The van der Waals surface area contributed by atoms with Crippen LogP contribution in [-0.4, -0.2) is 302 Å². The maximum Gasteiger partial charge on any atom is 0.326 e. The van der Waals surface area contributed by atoms with Gasteiger partial charge in [-0.15, -0.1) is 0 Å². The number of nitrogens with zero attached hydrogens (tertiary/aromatic N) is 1. The number of carbonyl (C=O) groups is 20. The van der Waals surface area contributed by atoms with E-state index in [1.54, 1.807) is 96.9 Å². The first-order valence-corrected chi connectivity index (χ1v) is 49.0. The SMILES string of the molecule is C/C=C(\NC(=O)[C@H](NC(=O)[C@H](CC(C)C)NC(=O)[C@@H](CCC(N)=O)NC(=O)[C@@H](NC(=O)[C@H](NC(=O)[C@@H](CC(C)C)NC(=O)[C@@H](CO)NC(=O)[C@H](NC(=O)[C@@H](CC(C)C)NC(=O)[C@@H](CO)NC(=O)[C@H]1CCCN1C(=O)/C(=C/C)NC(=O)CC(O)CCCCC)C(C)C)C(C)C)C(C)C)C(C)C)C(=O)N[C@@H](C(=O)N[C@H](C(=O)N[C@@H](CCO)C(=O)N[C@H](CCN)C(=O)N[C@@H](CCCCN)C(=O)O)[C@@H](C)CC)[C@@H](C)O. The van der Waals surface area contributed by atoms with Gasteiger partial charge in [-0.25, -0.2) is 4.79 Å². The molecule has 1 fully saturated rings. The molecule has 0 aliphatic carbocycles. The average Bonchev–Trinajstić information content (AvgIpc) is 1.69. The number of carboxylic acids is 1. The van der Waals surface area contributed by atoms with E-state index in [0.717, 1.165) is 25.8 Å². The molecule has 0 spiro atoms. The number of allylic oxidation sites excluding steroid dienone is 2. The number of unbranched alkanes of at least 4 members (excludes halogenated alkanes) is 3. The van der Waals surface area contributed by atoms with Crippen molar-refractivity contribution in [2.24, 2.45) is 64.5 Å². The smallest absolute Gasteiger partial charge is 0.326 e. The predicted molar refractivity (Wildman–Crippen MR) is 520 cm³/mol. The first-order valence-electron chi connectivity index (χ1n) is 49.0. The molecule has 0 aromatic carbocycles. The Hall–Kier alpha value is -11.4. The highest BCUT2D eigenvalue weighted by molar-refractivity contribution is 6.05. The van der Waals surface area contributed by atoms with Crippen LogP contribution < -0.4 is 108 Å². The number of carboxylic acid groups (broad SMARTS) is 1. The largest absolute Gasteiger partial charge is 0.480 e. The molecule has 29 N–H and O–H groups in total. The van der Waals surface area contributed by atoms with Crippen LogP contribution in [0.2, 0.25) is 0 Å². The number of primary amides is 1. The molecule has 0 aromatic rings. The summed E-state index contributed by atoms with van der Waals surface area (Å²) in [5.74, 6) is -24.1. The summed E-state index contributed by atoms with van der Waals surface area (Å²) in [6, 6.07) is -24.2. The van der Waals surface area contributed by atoms with E-state index in [2.05, 4.69) is 90.4 Å². The first-order chi connectivity index (χ1) is 66.1. The third kappa shape index (κ3) is 45.2. The van der Waals surface area contributed by atoms with Crippen LogP contribution in [0.25, 0.3) is 0 Å². The van der Waals surface area contributed by atoms with Gasteiger partial charge < -0.3 is 143 Å². The van der Waals surface area contributed by atoms with Crippen molar-refractivity contribution >= 4 is 118 Å². The zero-order valence-electron chi connectivity index (χ0n) is 85.7. The van der Waals surface area contributed by atoms with Crippen molar-refractivity contribution in [1.82, 2.24) is 95.3 Å². The van der Waals surface area contributed by atoms with E-state index in [4.69, 9.17) is 17.2 Å². The van der Waals surface area contributed by atoms with Crippen molar-refractivity contribution in [3.05, 3.63) is 23.5 Å². The van der Waals surface area contributed by atoms with Gasteiger partial charge in [0.1, 0.15) is 108 Å². The van der Waals surface area contributed by atoms with Gasteiger partial charge in [0.25, 0.3) is 11.8 Å². The molecule has 0 radical (unpaired) electrons. The highest BCUT2D eigenvalue weighted by Crippen LogP contribution is 2.23. The lowest BCUT2D eigenvalue weighted by Crippen LogP contribution is -2.62. The molecule has 1 aliphatic rings. The van der Waals surface area contributed by atoms with E-state index in [1.807, 2.05) is 6.92 Å². The Kier molecular flexibility index (Phi) is 59.4.